The zero-order valence-electron chi connectivity index (χ0n) is 11.2. The first kappa shape index (κ1) is 14.2. The van der Waals surface area contributed by atoms with Crippen LogP contribution in [0, 0.1) is 12.7 Å². The Morgan fingerprint density at radius 1 is 1.30 bits per heavy atom. The van der Waals surface area contributed by atoms with E-state index in [0.29, 0.717) is 28.8 Å². The van der Waals surface area contributed by atoms with Gasteiger partial charge in [-0.25, -0.2) is 15.2 Å². The van der Waals surface area contributed by atoms with Crippen LogP contribution >= 0.6 is 0 Å². The summed E-state index contributed by atoms with van der Waals surface area (Å²) in [5, 5.41) is 0. The molecule has 0 radical (unpaired) electrons. The van der Waals surface area contributed by atoms with Crippen LogP contribution in [0.2, 0.25) is 0 Å². The number of hydrazine groups is 1. The number of nitrogens with one attached hydrogen (secondary N) is 1. The maximum absolute atomic E-state index is 13.2. The first-order valence-electron chi connectivity index (χ1n) is 5.90. The normalized spacial score (nSPS) is 10.4. The van der Waals surface area contributed by atoms with Gasteiger partial charge in [0.05, 0.1) is 0 Å². The van der Waals surface area contributed by atoms with Gasteiger partial charge < -0.3 is 14.9 Å². The van der Waals surface area contributed by atoms with Gasteiger partial charge in [0, 0.05) is 13.2 Å². The topological polar surface area (TPSA) is 82.3 Å². The fourth-order valence-electron chi connectivity index (χ4n) is 1.59. The van der Waals surface area contributed by atoms with E-state index >= 15 is 0 Å². The SMILES string of the molecule is COCc1nc(NN)cc(Oc2ccc(F)c(C)c2)n1. The molecule has 20 heavy (non-hydrogen) atoms. The minimum absolute atomic E-state index is 0.230. The molecular weight excluding hydrogens is 263 g/mol. The number of nitrogens with two attached hydrogens (primary N) is 1. The fourth-order valence-corrected chi connectivity index (χ4v) is 1.59. The van der Waals surface area contributed by atoms with Gasteiger partial charge in [-0.15, -0.1) is 0 Å². The molecule has 0 saturated carbocycles. The van der Waals surface area contributed by atoms with Crippen LogP contribution in [-0.2, 0) is 11.3 Å². The predicted octanol–water partition coefficient (Wildman–Crippen LogP) is 2.15. The standard InChI is InChI=1S/C13H15FN4O2/c1-8-5-9(3-4-10(8)14)20-13-6-11(18-15)16-12(17-13)7-19-2/h3-6H,7,15H2,1-2H3,(H,16,17,18). The van der Waals surface area contributed by atoms with Crippen molar-refractivity contribution in [1.29, 1.82) is 0 Å². The lowest BCUT2D eigenvalue weighted by Gasteiger charge is -2.09. The first-order chi connectivity index (χ1) is 9.62. The second kappa shape index (κ2) is 6.27. The lowest BCUT2D eigenvalue weighted by atomic mass is 10.2. The Morgan fingerprint density at radius 3 is 2.75 bits per heavy atom. The van der Waals surface area contributed by atoms with E-state index in [4.69, 9.17) is 15.3 Å². The monoisotopic (exact) mass is 278 g/mol. The van der Waals surface area contributed by atoms with Crippen molar-refractivity contribution in [2.24, 2.45) is 5.84 Å². The van der Waals surface area contributed by atoms with Crippen molar-refractivity contribution < 1.29 is 13.9 Å². The Bertz CT molecular complexity index is 607. The van der Waals surface area contributed by atoms with Gasteiger partial charge in [-0.3, -0.25) is 0 Å². The van der Waals surface area contributed by atoms with E-state index in [1.165, 1.54) is 25.3 Å². The fraction of sp³-hybridized carbons (Fsp3) is 0.231. The summed E-state index contributed by atoms with van der Waals surface area (Å²) in [4.78, 5) is 8.27. The average Bonchev–Trinajstić information content (AvgIpc) is 2.43. The van der Waals surface area contributed by atoms with Crippen LogP contribution in [0.15, 0.2) is 24.3 Å². The molecule has 1 aromatic heterocycles. The second-order valence-corrected chi connectivity index (χ2v) is 4.10. The lowest BCUT2D eigenvalue weighted by Crippen LogP contribution is -2.11. The average molecular weight is 278 g/mol. The van der Waals surface area contributed by atoms with Crippen LogP contribution in [0.1, 0.15) is 11.4 Å². The van der Waals surface area contributed by atoms with Crippen molar-refractivity contribution >= 4 is 5.82 Å². The Balaban J connectivity index is 2.27. The van der Waals surface area contributed by atoms with Gasteiger partial charge in [0.1, 0.15) is 24.0 Å². The molecule has 0 aliphatic rings. The minimum Gasteiger partial charge on any atom is -0.439 e. The third-order valence-electron chi connectivity index (χ3n) is 2.52. The molecule has 6 nitrogen and oxygen atoms in total. The number of rotatable bonds is 5. The number of aryl methyl sites for hydroxylation is 1. The summed E-state index contributed by atoms with van der Waals surface area (Å²) in [7, 11) is 1.54. The van der Waals surface area contributed by atoms with Gasteiger partial charge in [0.2, 0.25) is 5.88 Å². The quantitative estimate of drug-likeness (QED) is 0.644. The van der Waals surface area contributed by atoms with Gasteiger partial charge in [-0.2, -0.15) is 4.98 Å². The van der Waals surface area contributed by atoms with Crippen LogP contribution in [0.5, 0.6) is 11.6 Å². The number of methoxy groups -OCH3 is 1. The third kappa shape index (κ3) is 3.40. The molecule has 2 aromatic rings. The number of halogens is 1. The highest BCUT2D eigenvalue weighted by molar-refractivity contribution is 5.39. The molecule has 3 N–H and O–H groups in total. The van der Waals surface area contributed by atoms with Gasteiger partial charge in [-0.1, -0.05) is 0 Å². The summed E-state index contributed by atoms with van der Waals surface area (Å²) >= 11 is 0. The summed E-state index contributed by atoms with van der Waals surface area (Å²) < 4.78 is 23.7. The predicted molar refractivity (Wildman–Crippen MR) is 71.8 cm³/mol. The number of anilines is 1. The smallest absolute Gasteiger partial charge is 0.224 e. The number of benzene rings is 1. The van der Waals surface area contributed by atoms with Crippen LogP contribution in [0.25, 0.3) is 0 Å². The van der Waals surface area contributed by atoms with Crippen molar-refractivity contribution in [3.05, 3.63) is 41.5 Å². The lowest BCUT2D eigenvalue weighted by molar-refractivity contribution is 0.177. The zero-order chi connectivity index (χ0) is 14.5. The Labute approximate surface area is 115 Å². The third-order valence-corrected chi connectivity index (χ3v) is 2.52. The van der Waals surface area contributed by atoms with E-state index in [0.717, 1.165) is 0 Å². The number of ether oxygens (including phenoxy) is 2. The van der Waals surface area contributed by atoms with Crippen molar-refractivity contribution in [2.45, 2.75) is 13.5 Å². The zero-order valence-corrected chi connectivity index (χ0v) is 11.2. The molecule has 0 aliphatic heterocycles. The van der Waals surface area contributed by atoms with Gasteiger partial charge in [0.15, 0.2) is 5.82 Å². The molecular formula is C13H15FN4O2. The van der Waals surface area contributed by atoms with Gasteiger partial charge >= 0.3 is 0 Å². The van der Waals surface area contributed by atoms with E-state index in [1.807, 2.05) is 0 Å². The van der Waals surface area contributed by atoms with Crippen LogP contribution in [0.3, 0.4) is 0 Å². The van der Waals surface area contributed by atoms with Crippen LogP contribution in [0.4, 0.5) is 10.2 Å². The molecule has 7 heteroatoms. The summed E-state index contributed by atoms with van der Waals surface area (Å²) in [6.45, 7) is 1.89. The van der Waals surface area contributed by atoms with Crippen molar-refractivity contribution in [2.75, 3.05) is 12.5 Å². The highest BCUT2D eigenvalue weighted by Crippen LogP contribution is 2.23. The van der Waals surface area contributed by atoms with Crippen molar-refractivity contribution in [1.82, 2.24) is 9.97 Å². The van der Waals surface area contributed by atoms with E-state index in [2.05, 4.69) is 15.4 Å². The van der Waals surface area contributed by atoms with E-state index in [9.17, 15) is 4.39 Å². The van der Waals surface area contributed by atoms with E-state index in [-0.39, 0.29) is 12.4 Å². The number of nitrogens with zero attached hydrogens (tertiary/aromatic N) is 2. The molecule has 0 spiro atoms. The molecule has 1 heterocycles. The molecule has 0 amide bonds. The molecule has 0 atom stereocenters. The van der Waals surface area contributed by atoms with Gasteiger partial charge in [0.25, 0.3) is 0 Å². The molecule has 0 unspecified atom stereocenters. The Kier molecular flexibility index (Phi) is 4.44. The van der Waals surface area contributed by atoms with Crippen LogP contribution in [-0.4, -0.2) is 17.1 Å². The number of hydrogen-bond donors (Lipinski definition) is 2. The molecule has 1 aromatic carbocycles. The molecule has 0 aliphatic carbocycles. The molecule has 2 rings (SSSR count). The summed E-state index contributed by atoms with van der Waals surface area (Å²) in [5.74, 6) is 6.66. The Morgan fingerprint density at radius 2 is 2.10 bits per heavy atom. The number of hydrogen-bond acceptors (Lipinski definition) is 6. The maximum atomic E-state index is 13.2. The van der Waals surface area contributed by atoms with Crippen LogP contribution < -0.4 is 16.0 Å². The Hall–Kier alpha value is -2.25. The van der Waals surface area contributed by atoms with Crippen molar-refractivity contribution in [3.8, 4) is 11.6 Å². The highest BCUT2D eigenvalue weighted by atomic mass is 19.1. The van der Waals surface area contributed by atoms with Crippen molar-refractivity contribution in [3.63, 3.8) is 0 Å². The summed E-state index contributed by atoms with van der Waals surface area (Å²) in [6, 6.07) is 5.99. The largest absolute Gasteiger partial charge is 0.439 e. The van der Waals surface area contributed by atoms with E-state index in [1.54, 1.807) is 13.0 Å². The summed E-state index contributed by atoms with van der Waals surface area (Å²) in [6.07, 6.45) is 0. The first-order valence-corrected chi connectivity index (χ1v) is 5.90. The van der Waals surface area contributed by atoms with Gasteiger partial charge in [-0.05, 0) is 30.7 Å². The maximum Gasteiger partial charge on any atom is 0.224 e. The van der Waals surface area contributed by atoms with E-state index < -0.39 is 0 Å². The molecule has 106 valence electrons. The highest BCUT2D eigenvalue weighted by Gasteiger charge is 2.07. The molecule has 0 fully saturated rings. The molecule has 0 bridgehead atoms. The summed E-state index contributed by atoms with van der Waals surface area (Å²) in [5.41, 5.74) is 2.92. The number of aromatic nitrogens is 2. The second-order valence-electron chi connectivity index (χ2n) is 4.10. The molecule has 0 saturated heterocycles. The number of nitrogen functional groups attached to an aromatic ring is 1. The minimum atomic E-state index is -0.288.